The molecule has 6 nitrogen and oxygen atoms in total. The molecule has 0 saturated carbocycles. The van der Waals surface area contributed by atoms with Gasteiger partial charge in [0, 0.05) is 28.7 Å². The van der Waals surface area contributed by atoms with Crippen LogP contribution in [0.5, 0.6) is 0 Å². The molecule has 0 spiro atoms. The summed E-state index contributed by atoms with van der Waals surface area (Å²) in [5, 5.41) is 1.21. The van der Waals surface area contributed by atoms with Crippen LogP contribution in [0, 0.1) is 6.92 Å². The van der Waals surface area contributed by atoms with Gasteiger partial charge in [0.15, 0.2) is 21.0 Å². The van der Waals surface area contributed by atoms with Crippen molar-refractivity contribution in [2.24, 2.45) is 0 Å². The number of hydrogen-bond acceptors (Lipinski definition) is 5. The van der Waals surface area contributed by atoms with Gasteiger partial charge in [-0.3, -0.25) is 9.59 Å². The lowest BCUT2D eigenvalue weighted by atomic mass is 10.1. The Balaban J connectivity index is 1.76. The van der Waals surface area contributed by atoms with Crippen molar-refractivity contribution in [1.82, 2.24) is 4.90 Å². The van der Waals surface area contributed by atoms with E-state index in [4.69, 9.17) is 27.6 Å². The molecule has 1 unspecified atom stereocenters. The maximum atomic E-state index is 13.4. The first-order valence-electron chi connectivity index (χ1n) is 9.63. The van der Waals surface area contributed by atoms with Crippen molar-refractivity contribution in [2.45, 2.75) is 25.9 Å². The summed E-state index contributed by atoms with van der Waals surface area (Å²) >= 11 is 12.2. The molecule has 0 radical (unpaired) electrons. The summed E-state index contributed by atoms with van der Waals surface area (Å²) in [6.07, 6.45) is 0.321. The Labute approximate surface area is 189 Å². The number of amides is 1. The third-order valence-electron chi connectivity index (χ3n) is 5.37. The van der Waals surface area contributed by atoms with Crippen LogP contribution in [0.1, 0.15) is 28.1 Å². The molecule has 162 valence electrons. The first-order valence-corrected chi connectivity index (χ1v) is 12.2. The number of benzene rings is 2. The van der Waals surface area contributed by atoms with E-state index < -0.39 is 27.2 Å². The molecule has 9 heteroatoms. The second-order valence-electron chi connectivity index (χ2n) is 7.69. The Kier molecular flexibility index (Phi) is 5.85. The van der Waals surface area contributed by atoms with E-state index in [1.165, 1.54) is 11.0 Å². The minimum absolute atomic E-state index is 0.0103. The largest absolute Gasteiger partial charge is 0.451 e. The van der Waals surface area contributed by atoms with Gasteiger partial charge in [0.25, 0.3) is 5.91 Å². The fourth-order valence-electron chi connectivity index (χ4n) is 3.74. The number of aryl methyl sites for hydroxylation is 1. The van der Waals surface area contributed by atoms with Crippen molar-refractivity contribution in [3.63, 3.8) is 0 Å². The molecule has 1 saturated heterocycles. The van der Waals surface area contributed by atoms with E-state index in [1.54, 1.807) is 37.3 Å². The summed E-state index contributed by atoms with van der Waals surface area (Å²) in [4.78, 5) is 27.5. The molecular weight excluding hydrogens is 461 g/mol. The van der Waals surface area contributed by atoms with Crippen molar-refractivity contribution in [1.29, 1.82) is 0 Å². The van der Waals surface area contributed by atoms with E-state index >= 15 is 0 Å². The van der Waals surface area contributed by atoms with E-state index in [9.17, 15) is 18.0 Å². The monoisotopic (exact) mass is 479 g/mol. The number of hydrogen-bond donors (Lipinski definition) is 0. The quantitative estimate of drug-likeness (QED) is 0.558. The zero-order valence-electron chi connectivity index (χ0n) is 16.6. The fourth-order valence-corrected chi connectivity index (χ4v) is 5.85. The average molecular weight is 480 g/mol. The molecule has 0 aliphatic carbocycles. The van der Waals surface area contributed by atoms with E-state index in [0.717, 1.165) is 11.6 Å². The SMILES string of the molecule is Cc1cc2oc(C(=O)N(Cc3cccc(Cl)c3)C3CCS(=O)(=O)C3)cc(=O)c2cc1Cl. The smallest absolute Gasteiger partial charge is 0.290 e. The Morgan fingerprint density at radius 2 is 1.97 bits per heavy atom. The second-order valence-corrected chi connectivity index (χ2v) is 10.8. The average Bonchev–Trinajstić information content (AvgIpc) is 3.06. The van der Waals surface area contributed by atoms with Crippen molar-refractivity contribution in [2.75, 3.05) is 11.5 Å². The topological polar surface area (TPSA) is 84.7 Å². The zero-order chi connectivity index (χ0) is 22.3. The number of sulfone groups is 1. The number of carbonyl (C=O) groups is 1. The molecule has 3 aromatic rings. The van der Waals surface area contributed by atoms with Crippen LogP contribution < -0.4 is 5.43 Å². The fraction of sp³-hybridized carbons (Fsp3) is 0.273. The first-order chi connectivity index (χ1) is 14.6. The van der Waals surface area contributed by atoms with Crippen molar-refractivity contribution >= 4 is 49.9 Å². The van der Waals surface area contributed by atoms with E-state index in [0.29, 0.717) is 22.0 Å². The Hall–Kier alpha value is -2.35. The molecule has 4 rings (SSSR count). The van der Waals surface area contributed by atoms with Crippen LogP contribution in [0.4, 0.5) is 0 Å². The molecule has 1 atom stereocenters. The number of nitrogens with zero attached hydrogens (tertiary/aromatic N) is 1. The maximum absolute atomic E-state index is 13.4. The number of halogens is 2. The van der Waals surface area contributed by atoms with Gasteiger partial charge in [0.1, 0.15) is 5.58 Å². The highest BCUT2D eigenvalue weighted by Gasteiger charge is 2.36. The highest BCUT2D eigenvalue weighted by molar-refractivity contribution is 7.91. The minimum Gasteiger partial charge on any atom is -0.451 e. The molecule has 1 aliphatic rings. The van der Waals surface area contributed by atoms with E-state index in [1.807, 2.05) is 0 Å². The van der Waals surface area contributed by atoms with Gasteiger partial charge in [-0.15, -0.1) is 0 Å². The maximum Gasteiger partial charge on any atom is 0.290 e. The molecule has 2 aromatic carbocycles. The van der Waals surface area contributed by atoms with Gasteiger partial charge in [-0.1, -0.05) is 35.3 Å². The zero-order valence-corrected chi connectivity index (χ0v) is 18.9. The van der Waals surface area contributed by atoms with Crippen LogP contribution in [0.15, 0.2) is 51.7 Å². The first kappa shape index (κ1) is 21.9. The Morgan fingerprint density at radius 1 is 1.19 bits per heavy atom. The van der Waals surface area contributed by atoms with Crippen LogP contribution in [0.2, 0.25) is 10.0 Å². The molecular formula is C22H19Cl2NO5S. The van der Waals surface area contributed by atoms with Gasteiger partial charge in [-0.25, -0.2) is 8.42 Å². The summed E-state index contributed by atoms with van der Waals surface area (Å²) in [6, 6.07) is 10.7. The molecule has 2 heterocycles. The minimum atomic E-state index is -3.24. The van der Waals surface area contributed by atoms with Gasteiger partial charge in [0.05, 0.1) is 16.9 Å². The molecule has 0 bridgehead atoms. The Bertz CT molecular complexity index is 1350. The Morgan fingerprint density at radius 3 is 2.65 bits per heavy atom. The van der Waals surface area contributed by atoms with Crippen LogP contribution in [0.25, 0.3) is 11.0 Å². The summed E-state index contributed by atoms with van der Waals surface area (Å²) in [5.74, 6) is -0.818. The summed E-state index contributed by atoms with van der Waals surface area (Å²) in [7, 11) is -3.24. The van der Waals surface area contributed by atoms with Crippen LogP contribution in [-0.4, -0.2) is 36.8 Å². The van der Waals surface area contributed by atoms with Crippen molar-refractivity contribution in [3.05, 3.63) is 79.6 Å². The number of fused-ring (bicyclic) bond motifs is 1. The second kappa shape index (κ2) is 8.30. The van der Waals surface area contributed by atoms with Crippen LogP contribution in [-0.2, 0) is 16.4 Å². The molecule has 1 aliphatic heterocycles. The molecule has 1 fully saturated rings. The summed E-state index contributed by atoms with van der Waals surface area (Å²) in [5.41, 5.74) is 1.31. The normalized spacial score (nSPS) is 17.7. The van der Waals surface area contributed by atoms with E-state index in [2.05, 4.69) is 0 Å². The lowest BCUT2D eigenvalue weighted by Crippen LogP contribution is -2.40. The predicted molar refractivity (Wildman–Crippen MR) is 121 cm³/mol. The van der Waals surface area contributed by atoms with E-state index in [-0.39, 0.29) is 34.8 Å². The van der Waals surface area contributed by atoms with Gasteiger partial charge in [0.2, 0.25) is 0 Å². The molecule has 1 aromatic heterocycles. The predicted octanol–water partition coefficient (Wildman–Crippen LogP) is 4.24. The summed E-state index contributed by atoms with van der Waals surface area (Å²) < 4.78 is 29.9. The molecule has 1 amide bonds. The van der Waals surface area contributed by atoms with Crippen LogP contribution >= 0.6 is 23.2 Å². The number of rotatable bonds is 4. The molecule has 0 N–H and O–H groups in total. The van der Waals surface area contributed by atoms with Gasteiger partial charge in [-0.2, -0.15) is 0 Å². The van der Waals surface area contributed by atoms with Gasteiger partial charge >= 0.3 is 0 Å². The summed E-state index contributed by atoms with van der Waals surface area (Å²) in [6.45, 7) is 1.91. The third kappa shape index (κ3) is 4.63. The highest BCUT2D eigenvalue weighted by Crippen LogP contribution is 2.26. The lowest BCUT2D eigenvalue weighted by molar-refractivity contribution is 0.0648. The lowest BCUT2D eigenvalue weighted by Gasteiger charge is -2.28. The third-order valence-corrected chi connectivity index (χ3v) is 7.76. The van der Waals surface area contributed by atoms with Crippen LogP contribution in [0.3, 0.4) is 0 Å². The van der Waals surface area contributed by atoms with Gasteiger partial charge in [-0.05, 0) is 48.7 Å². The molecule has 31 heavy (non-hydrogen) atoms. The van der Waals surface area contributed by atoms with Gasteiger partial charge < -0.3 is 9.32 Å². The van der Waals surface area contributed by atoms with Crippen molar-refractivity contribution in [3.8, 4) is 0 Å². The standard InChI is InChI=1S/C22H19Cl2NO5S/c1-13-7-20-17(9-18(13)24)19(26)10-21(30-20)22(27)25(16-5-6-31(28,29)12-16)11-14-3-2-4-15(23)8-14/h2-4,7-10,16H,5-6,11-12H2,1H3. The highest BCUT2D eigenvalue weighted by atomic mass is 35.5. The number of carbonyl (C=O) groups excluding carboxylic acids is 1. The van der Waals surface area contributed by atoms with Crippen molar-refractivity contribution < 1.29 is 17.6 Å².